The van der Waals surface area contributed by atoms with Crippen molar-refractivity contribution >= 4 is 15.7 Å². The van der Waals surface area contributed by atoms with Gasteiger partial charge in [0.1, 0.15) is 0 Å². The fourth-order valence-electron chi connectivity index (χ4n) is 1.97. The Morgan fingerprint density at radius 3 is 2.33 bits per heavy atom. The lowest BCUT2D eigenvalue weighted by atomic mass is 10.00. The molecule has 0 amide bonds. The Morgan fingerprint density at radius 2 is 1.72 bits per heavy atom. The molecule has 2 rings (SSSR count). The van der Waals surface area contributed by atoms with Crippen LogP contribution in [0.15, 0.2) is 45.2 Å². The minimum absolute atomic E-state index is 0.261. The predicted octanol–water partition coefficient (Wildman–Crippen LogP) is 3.25. The molecule has 0 spiro atoms. The van der Waals surface area contributed by atoms with E-state index in [2.05, 4.69) is 4.40 Å². The Bertz CT molecular complexity index is 595. The first kappa shape index (κ1) is 13.0. The van der Waals surface area contributed by atoms with E-state index in [1.807, 2.05) is 19.9 Å². The summed E-state index contributed by atoms with van der Waals surface area (Å²) < 4.78 is 28.1. The van der Waals surface area contributed by atoms with Crippen molar-refractivity contribution in [2.45, 2.75) is 38.0 Å². The van der Waals surface area contributed by atoms with Crippen molar-refractivity contribution in [2.24, 2.45) is 4.40 Å². The quantitative estimate of drug-likeness (QED) is 0.822. The lowest BCUT2D eigenvalue weighted by molar-refractivity contribution is 0.598. The average molecular weight is 263 g/mol. The second-order valence-corrected chi connectivity index (χ2v) is 6.32. The fourth-order valence-corrected chi connectivity index (χ4v) is 3.00. The summed E-state index contributed by atoms with van der Waals surface area (Å²) in [5, 5.41) is 0. The molecule has 1 aromatic carbocycles. The van der Waals surface area contributed by atoms with E-state index in [4.69, 9.17) is 0 Å². The fraction of sp³-hybridized carbons (Fsp3) is 0.357. The largest absolute Gasteiger partial charge is 0.282 e. The number of rotatable bonds is 2. The lowest BCUT2D eigenvalue weighted by Gasteiger charge is -2.10. The molecule has 4 heteroatoms. The van der Waals surface area contributed by atoms with Crippen LogP contribution in [-0.2, 0) is 10.0 Å². The van der Waals surface area contributed by atoms with Crippen LogP contribution in [0.4, 0.5) is 0 Å². The summed E-state index contributed by atoms with van der Waals surface area (Å²) >= 11 is 0. The Kier molecular flexibility index (Phi) is 3.66. The third-order valence-electron chi connectivity index (χ3n) is 2.97. The molecule has 0 bridgehead atoms. The van der Waals surface area contributed by atoms with Crippen LogP contribution in [0.2, 0.25) is 0 Å². The molecule has 0 aliphatic heterocycles. The summed E-state index contributed by atoms with van der Waals surface area (Å²) in [5.41, 5.74) is 2.90. The number of nitrogens with zero attached hydrogens (tertiary/aromatic N) is 1. The molecule has 1 aliphatic carbocycles. The number of hydrogen-bond acceptors (Lipinski definition) is 2. The first-order valence-electron chi connectivity index (χ1n) is 6.05. The van der Waals surface area contributed by atoms with Gasteiger partial charge in [0.2, 0.25) is 0 Å². The lowest BCUT2D eigenvalue weighted by Crippen LogP contribution is -2.06. The van der Waals surface area contributed by atoms with E-state index in [1.165, 1.54) is 5.57 Å². The summed E-state index contributed by atoms with van der Waals surface area (Å²) in [4.78, 5) is 0.261. The number of hydrogen-bond donors (Lipinski definition) is 0. The highest BCUT2D eigenvalue weighted by Crippen LogP contribution is 2.19. The second-order valence-electron chi connectivity index (χ2n) is 4.71. The molecule has 18 heavy (non-hydrogen) atoms. The molecule has 96 valence electrons. The van der Waals surface area contributed by atoms with Gasteiger partial charge >= 0.3 is 0 Å². The Hall–Kier alpha value is -1.42. The van der Waals surface area contributed by atoms with Gasteiger partial charge in [0.15, 0.2) is 0 Å². The summed E-state index contributed by atoms with van der Waals surface area (Å²) in [5.74, 6) is 0. The molecule has 0 saturated carbocycles. The summed E-state index contributed by atoms with van der Waals surface area (Å²) in [6, 6.07) is 6.78. The first-order valence-corrected chi connectivity index (χ1v) is 7.49. The zero-order valence-corrected chi connectivity index (χ0v) is 11.5. The van der Waals surface area contributed by atoms with Crippen LogP contribution >= 0.6 is 0 Å². The van der Waals surface area contributed by atoms with Gasteiger partial charge < -0.3 is 0 Å². The predicted molar refractivity (Wildman–Crippen MR) is 73.4 cm³/mol. The van der Waals surface area contributed by atoms with Crippen molar-refractivity contribution in [3.05, 3.63) is 41.5 Å². The summed E-state index contributed by atoms with van der Waals surface area (Å²) in [6.45, 7) is 3.93. The highest BCUT2D eigenvalue weighted by molar-refractivity contribution is 7.90. The van der Waals surface area contributed by atoms with Crippen LogP contribution in [0, 0.1) is 6.92 Å². The van der Waals surface area contributed by atoms with Gasteiger partial charge in [0.05, 0.1) is 10.6 Å². The Labute approximate surface area is 108 Å². The minimum atomic E-state index is -3.56. The maximum atomic E-state index is 12.1. The van der Waals surface area contributed by atoms with E-state index in [-0.39, 0.29) is 4.90 Å². The smallest absolute Gasteiger partial charge is 0.199 e. The normalized spacial score (nSPS) is 18.8. The van der Waals surface area contributed by atoms with Gasteiger partial charge in [0, 0.05) is 0 Å². The standard InChI is InChI=1S/C14H17NO2S/c1-11-6-8-14(9-7-11)18(16,17)15-13-5-3-4-12(2)10-13/h6-10H,3-5H2,1-2H3/b15-13+. The highest BCUT2D eigenvalue weighted by atomic mass is 32.2. The average Bonchev–Trinajstić information content (AvgIpc) is 2.29. The molecule has 0 N–H and O–H groups in total. The van der Waals surface area contributed by atoms with Crippen LogP contribution in [0.1, 0.15) is 31.7 Å². The molecule has 0 fully saturated rings. The SMILES string of the molecule is CC1=C/C(=N/S(=O)(=O)c2ccc(C)cc2)CCC1. The number of aryl methyl sites for hydroxylation is 1. The van der Waals surface area contributed by atoms with E-state index >= 15 is 0 Å². The first-order chi connectivity index (χ1) is 8.47. The topological polar surface area (TPSA) is 46.5 Å². The van der Waals surface area contributed by atoms with Gasteiger partial charge in [-0.05, 0) is 51.3 Å². The third kappa shape index (κ3) is 3.07. The Balaban J connectivity index is 2.35. The van der Waals surface area contributed by atoms with Gasteiger partial charge in [-0.15, -0.1) is 0 Å². The zero-order valence-electron chi connectivity index (χ0n) is 10.7. The highest BCUT2D eigenvalue weighted by Gasteiger charge is 2.14. The third-order valence-corrected chi connectivity index (χ3v) is 4.32. The van der Waals surface area contributed by atoms with Crippen molar-refractivity contribution < 1.29 is 8.42 Å². The van der Waals surface area contributed by atoms with Gasteiger partial charge in [-0.2, -0.15) is 12.8 Å². The van der Waals surface area contributed by atoms with Gasteiger partial charge in [-0.25, -0.2) is 0 Å². The van der Waals surface area contributed by atoms with Gasteiger partial charge in [-0.3, -0.25) is 0 Å². The van der Waals surface area contributed by atoms with Crippen LogP contribution in [-0.4, -0.2) is 14.1 Å². The van der Waals surface area contributed by atoms with Crippen LogP contribution in [0.3, 0.4) is 0 Å². The molecular formula is C14H17NO2S. The van der Waals surface area contributed by atoms with Crippen LogP contribution in [0.5, 0.6) is 0 Å². The van der Waals surface area contributed by atoms with Crippen molar-refractivity contribution in [3.8, 4) is 0 Å². The molecule has 0 atom stereocenters. The van der Waals surface area contributed by atoms with Gasteiger partial charge in [0.25, 0.3) is 10.0 Å². The molecule has 0 radical (unpaired) electrons. The maximum absolute atomic E-state index is 12.1. The van der Waals surface area contributed by atoms with Crippen molar-refractivity contribution in [2.75, 3.05) is 0 Å². The number of sulfonamides is 1. The van der Waals surface area contributed by atoms with Crippen molar-refractivity contribution in [1.29, 1.82) is 0 Å². The minimum Gasteiger partial charge on any atom is -0.199 e. The number of allylic oxidation sites excluding steroid dienone is 2. The van der Waals surface area contributed by atoms with E-state index in [0.29, 0.717) is 5.71 Å². The van der Waals surface area contributed by atoms with E-state index in [9.17, 15) is 8.42 Å². The molecule has 1 aromatic rings. The molecule has 0 aromatic heterocycles. The van der Waals surface area contributed by atoms with Gasteiger partial charge in [-0.1, -0.05) is 23.3 Å². The van der Waals surface area contributed by atoms with E-state index in [1.54, 1.807) is 24.3 Å². The maximum Gasteiger partial charge on any atom is 0.282 e. The molecule has 0 saturated heterocycles. The van der Waals surface area contributed by atoms with Crippen LogP contribution in [0.25, 0.3) is 0 Å². The Morgan fingerprint density at radius 1 is 1.06 bits per heavy atom. The second kappa shape index (κ2) is 5.06. The van der Waals surface area contributed by atoms with Crippen molar-refractivity contribution in [1.82, 2.24) is 0 Å². The molecule has 3 nitrogen and oxygen atoms in total. The van der Waals surface area contributed by atoms with Crippen molar-refractivity contribution in [3.63, 3.8) is 0 Å². The zero-order chi connectivity index (χ0) is 13.2. The van der Waals surface area contributed by atoms with E-state index < -0.39 is 10.0 Å². The molecule has 0 heterocycles. The van der Waals surface area contributed by atoms with Crippen LogP contribution < -0.4 is 0 Å². The monoisotopic (exact) mass is 263 g/mol. The summed E-state index contributed by atoms with van der Waals surface area (Å²) in [7, 11) is -3.56. The molecule has 1 aliphatic rings. The molecule has 0 unspecified atom stereocenters. The molecular weight excluding hydrogens is 246 g/mol. The van der Waals surface area contributed by atoms with E-state index in [0.717, 1.165) is 24.8 Å². The summed E-state index contributed by atoms with van der Waals surface area (Å²) in [6.07, 6.45) is 4.63. The number of benzene rings is 1.